The second-order valence-electron chi connectivity index (χ2n) is 2.80. The number of amides is 1. The maximum Gasteiger partial charge on any atom is 0.321 e. The first-order chi connectivity index (χ1) is 7.54. The first-order valence-electron chi connectivity index (χ1n) is 4.30. The van der Waals surface area contributed by atoms with Crippen molar-refractivity contribution in [3.63, 3.8) is 0 Å². The number of carbonyl (C=O) groups is 2. The molecule has 1 heterocycles. The van der Waals surface area contributed by atoms with Crippen LogP contribution in [0.1, 0.15) is 10.6 Å². The molecule has 1 aromatic rings. The van der Waals surface area contributed by atoms with E-state index in [-0.39, 0.29) is 18.2 Å². The van der Waals surface area contributed by atoms with E-state index in [9.17, 15) is 9.59 Å². The van der Waals surface area contributed by atoms with Crippen LogP contribution in [0, 0.1) is 0 Å². The molecule has 0 spiro atoms. The Morgan fingerprint density at radius 1 is 1.56 bits per heavy atom. The number of hydrogen-bond donors (Lipinski definition) is 1. The molecule has 1 unspecified atom stereocenters. The highest BCUT2D eigenvalue weighted by atomic mass is 79.9. The van der Waals surface area contributed by atoms with Crippen LogP contribution in [0.4, 0.5) is 0 Å². The number of methoxy groups -OCH3 is 1. The SMILES string of the molecule is COC(=O)C(Br)CNC(=O)c1ccc(Br)o1. The number of furan rings is 1. The molecule has 0 aliphatic carbocycles. The average molecular weight is 355 g/mol. The van der Waals surface area contributed by atoms with E-state index < -0.39 is 10.8 Å². The molecule has 0 aromatic carbocycles. The van der Waals surface area contributed by atoms with Crippen molar-refractivity contribution < 1.29 is 18.7 Å². The molecule has 1 rings (SSSR count). The molecule has 0 aliphatic heterocycles. The normalized spacial score (nSPS) is 11.9. The van der Waals surface area contributed by atoms with Crippen molar-refractivity contribution in [1.82, 2.24) is 5.32 Å². The third-order valence-corrected chi connectivity index (χ3v) is 2.82. The number of alkyl halides is 1. The minimum Gasteiger partial charge on any atom is -0.468 e. The number of carbonyl (C=O) groups excluding carboxylic acids is 2. The van der Waals surface area contributed by atoms with E-state index in [4.69, 9.17) is 4.42 Å². The lowest BCUT2D eigenvalue weighted by Gasteiger charge is -2.07. The summed E-state index contributed by atoms with van der Waals surface area (Å²) in [6, 6.07) is 3.14. The maximum atomic E-state index is 11.5. The van der Waals surface area contributed by atoms with Crippen LogP contribution >= 0.6 is 31.9 Å². The third-order valence-electron chi connectivity index (χ3n) is 1.70. The van der Waals surface area contributed by atoms with Crippen LogP contribution in [0.3, 0.4) is 0 Å². The molecule has 0 radical (unpaired) electrons. The molecule has 16 heavy (non-hydrogen) atoms. The standard InChI is InChI=1S/C9H9Br2NO4/c1-15-9(14)5(10)4-12-8(13)6-2-3-7(11)16-6/h2-3,5H,4H2,1H3,(H,12,13). The summed E-state index contributed by atoms with van der Waals surface area (Å²) in [5.41, 5.74) is 0. The summed E-state index contributed by atoms with van der Waals surface area (Å²) in [7, 11) is 1.28. The van der Waals surface area contributed by atoms with Gasteiger partial charge in [-0.05, 0) is 28.1 Å². The molecule has 0 bridgehead atoms. The van der Waals surface area contributed by atoms with Crippen LogP contribution in [-0.4, -0.2) is 30.4 Å². The highest BCUT2D eigenvalue weighted by Gasteiger charge is 2.17. The van der Waals surface area contributed by atoms with Gasteiger partial charge < -0.3 is 14.5 Å². The Morgan fingerprint density at radius 2 is 2.25 bits per heavy atom. The van der Waals surface area contributed by atoms with Crippen molar-refractivity contribution in [3.8, 4) is 0 Å². The van der Waals surface area contributed by atoms with Gasteiger partial charge in [0.2, 0.25) is 0 Å². The van der Waals surface area contributed by atoms with Crippen molar-refractivity contribution >= 4 is 43.7 Å². The van der Waals surface area contributed by atoms with E-state index in [1.54, 1.807) is 6.07 Å². The summed E-state index contributed by atoms with van der Waals surface area (Å²) < 4.78 is 10.00. The Bertz CT molecular complexity index is 391. The van der Waals surface area contributed by atoms with Gasteiger partial charge >= 0.3 is 5.97 Å². The van der Waals surface area contributed by atoms with E-state index in [2.05, 4.69) is 41.9 Å². The number of halogens is 2. The number of nitrogens with one attached hydrogen (secondary N) is 1. The largest absolute Gasteiger partial charge is 0.468 e. The molecule has 1 amide bonds. The van der Waals surface area contributed by atoms with Gasteiger partial charge in [-0.3, -0.25) is 9.59 Å². The van der Waals surface area contributed by atoms with Gasteiger partial charge in [0.1, 0.15) is 4.83 Å². The highest BCUT2D eigenvalue weighted by Crippen LogP contribution is 2.13. The van der Waals surface area contributed by atoms with Crippen molar-refractivity contribution in [3.05, 3.63) is 22.6 Å². The lowest BCUT2D eigenvalue weighted by atomic mass is 10.4. The van der Waals surface area contributed by atoms with Crippen LogP contribution in [0.2, 0.25) is 0 Å². The summed E-state index contributed by atoms with van der Waals surface area (Å²) in [4.78, 5) is 21.9. The zero-order valence-corrected chi connectivity index (χ0v) is 11.5. The van der Waals surface area contributed by atoms with E-state index >= 15 is 0 Å². The van der Waals surface area contributed by atoms with Crippen molar-refractivity contribution in [2.24, 2.45) is 0 Å². The topological polar surface area (TPSA) is 68.5 Å². The number of esters is 1. The van der Waals surface area contributed by atoms with Gasteiger partial charge in [0.25, 0.3) is 5.91 Å². The fraction of sp³-hybridized carbons (Fsp3) is 0.333. The molecule has 0 fully saturated rings. The van der Waals surface area contributed by atoms with Gasteiger partial charge in [-0.15, -0.1) is 0 Å². The molecule has 1 atom stereocenters. The predicted octanol–water partition coefficient (Wildman–Crippen LogP) is 1.71. The monoisotopic (exact) mass is 353 g/mol. The molecular weight excluding hydrogens is 346 g/mol. The molecule has 88 valence electrons. The van der Waals surface area contributed by atoms with Crippen LogP contribution in [-0.2, 0) is 9.53 Å². The summed E-state index contributed by atoms with van der Waals surface area (Å²) >= 11 is 6.17. The van der Waals surface area contributed by atoms with Crippen molar-refractivity contribution in [1.29, 1.82) is 0 Å². The Labute approximate surface area is 109 Å². The molecule has 1 aromatic heterocycles. The quantitative estimate of drug-likeness (QED) is 0.660. The zero-order chi connectivity index (χ0) is 12.1. The molecule has 1 N–H and O–H groups in total. The Kier molecular flexibility index (Phi) is 5.01. The minimum absolute atomic E-state index is 0.129. The number of ether oxygens (including phenoxy) is 1. The highest BCUT2D eigenvalue weighted by molar-refractivity contribution is 9.10. The molecule has 0 saturated heterocycles. The van der Waals surface area contributed by atoms with Gasteiger partial charge in [-0.25, -0.2) is 0 Å². The van der Waals surface area contributed by atoms with Gasteiger partial charge in [0.05, 0.1) is 7.11 Å². The first-order valence-corrected chi connectivity index (χ1v) is 6.01. The van der Waals surface area contributed by atoms with Gasteiger partial charge in [-0.2, -0.15) is 0 Å². The smallest absolute Gasteiger partial charge is 0.321 e. The lowest BCUT2D eigenvalue weighted by Crippen LogP contribution is -2.33. The fourth-order valence-corrected chi connectivity index (χ4v) is 1.57. The van der Waals surface area contributed by atoms with Gasteiger partial charge in [-0.1, -0.05) is 15.9 Å². The second-order valence-corrected chi connectivity index (χ2v) is 4.69. The Balaban J connectivity index is 2.44. The fourth-order valence-electron chi connectivity index (χ4n) is 0.917. The summed E-state index contributed by atoms with van der Waals surface area (Å²) in [6.45, 7) is 0.129. The maximum absolute atomic E-state index is 11.5. The van der Waals surface area contributed by atoms with E-state index in [0.29, 0.717) is 4.67 Å². The number of rotatable bonds is 4. The number of hydrogen-bond acceptors (Lipinski definition) is 4. The Morgan fingerprint density at radius 3 is 2.75 bits per heavy atom. The Hall–Kier alpha value is -0.820. The lowest BCUT2D eigenvalue weighted by molar-refractivity contribution is -0.139. The van der Waals surface area contributed by atoms with Crippen molar-refractivity contribution in [2.45, 2.75) is 4.83 Å². The average Bonchev–Trinajstić information content (AvgIpc) is 2.71. The first kappa shape index (κ1) is 13.2. The van der Waals surface area contributed by atoms with Crippen LogP contribution < -0.4 is 5.32 Å². The van der Waals surface area contributed by atoms with Crippen LogP contribution in [0.5, 0.6) is 0 Å². The molecular formula is C9H9Br2NO4. The van der Waals surface area contributed by atoms with E-state index in [0.717, 1.165) is 0 Å². The molecule has 5 nitrogen and oxygen atoms in total. The summed E-state index contributed by atoms with van der Waals surface area (Å²) in [5, 5.41) is 2.53. The van der Waals surface area contributed by atoms with Crippen LogP contribution in [0.15, 0.2) is 21.2 Å². The van der Waals surface area contributed by atoms with Crippen molar-refractivity contribution in [2.75, 3.05) is 13.7 Å². The van der Waals surface area contributed by atoms with Gasteiger partial charge in [0.15, 0.2) is 10.4 Å². The molecule has 0 saturated carbocycles. The van der Waals surface area contributed by atoms with E-state index in [1.165, 1.54) is 13.2 Å². The summed E-state index contributed by atoms with van der Waals surface area (Å²) in [5.74, 6) is -0.656. The second kappa shape index (κ2) is 6.05. The third kappa shape index (κ3) is 3.64. The molecule has 7 heteroatoms. The van der Waals surface area contributed by atoms with Gasteiger partial charge in [0, 0.05) is 6.54 Å². The molecule has 0 aliphatic rings. The van der Waals surface area contributed by atoms with E-state index in [1.807, 2.05) is 0 Å². The minimum atomic E-state index is -0.570. The zero-order valence-electron chi connectivity index (χ0n) is 8.33. The van der Waals surface area contributed by atoms with Crippen LogP contribution in [0.25, 0.3) is 0 Å². The predicted molar refractivity (Wildman–Crippen MR) is 63.5 cm³/mol. The summed E-state index contributed by atoms with van der Waals surface area (Å²) in [6.07, 6.45) is 0.